The molecule has 0 aromatic carbocycles. The van der Waals surface area contributed by atoms with Crippen molar-refractivity contribution in [3.8, 4) is 6.07 Å². The molecule has 0 bridgehead atoms. The number of hydrogen-bond acceptors (Lipinski definition) is 3. The third-order valence-electron chi connectivity index (χ3n) is 2.42. The van der Waals surface area contributed by atoms with Crippen molar-refractivity contribution in [2.45, 2.75) is 18.9 Å². The van der Waals surface area contributed by atoms with Gasteiger partial charge in [0.05, 0.1) is 5.56 Å². The van der Waals surface area contributed by atoms with Crippen LogP contribution in [-0.4, -0.2) is 18.1 Å². The average Bonchev–Trinajstić information content (AvgIpc) is 3.00. The molecule has 1 aromatic heterocycles. The second-order valence-electron chi connectivity index (χ2n) is 3.45. The quantitative estimate of drug-likeness (QED) is 0.747. The van der Waals surface area contributed by atoms with E-state index < -0.39 is 0 Å². The highest BCUT2D eigenvalue weighted by Crippen LogP contribution is 2.33. The van der Waals surface area contributed by atoms with Crippen LogP contribution in [0.1, 0.15) is 18.4 Å². The molecule has 1 aromatic rings. The van der Waals surface area contributed by atoms with Crippen LogP contribution in [-0.2, 0) is 0 Å². The summed E-state index contributed by atoms with van der Waals surface area (Å²) in [6.45, 7) is 0. The second-order valence-corrected chi connectivity index (χ2v) is 3.83. The maximum absolute atomic E-state index is 8.80. The Labute approximate surface area is 87.9 Å². The number of anilines is 1. The molecule has 0 saturated heterocycles. The molecule has 14 heavy (non-hydrogen) atoms. The lowest BCUT2D eigenvalue weighted by molar-refractivity contribution is 0.892. The second kappa shape index (κ2) is 3.47. The highest BCUT2D eigenvalue weighted by atomic mass is 35.5. The fourth-order valence-electron chi connectivity index (χ4n) is 1.40. The van der Waals surface area contributed by atoms with Crippen LogP contribution in [0.2, 0.25) is 5.02 Å². The number of nitriles is 1. The van der Waals surface area contributed by atoms with Gasteiger partial charge < -0.3 is 4.90 Å². The fourth-order valence-corrected chi connectivity index (χ4v) is 1.69. The van der Waals surface area contributed by atoms with Crippen molar-refractivity contribution in [2.24, 2.45) is 0 Å². The third kappa shape index (κ3) is 1.53. The minimum Gasteiger partial charge on any atom is -0.355 e. The van der Waals surface area contributed by atoms with Gasteiger partial charge in [-0.2, -0.15) is 5.26 Å². The Morgan fingerprint density at radius 1 is 1.64 bits per heavy atom. The van der Waals surface area contributed by atoms with Crippen molar-refractivity contribution in [2.75, 3.05) is 11.9 Å². The lowest BCUT2D eigenvalue weighted by Gasteiger charge is -2.18. The molecule has 1 aliphatic carbocycles. The topological polar surface area (TPSA) is 39.9 Å². The minimum atomic E-state index is 0.462. The molecular formula is C10H10ClN3. The SMILES string of the molecule is CN(c1nccc(C#N)c1Cl)C1CC1. The van der Waals surface area contributed by atoms with Gasteiger partial charge in [-0.3, -0.25) is 0 Å². The van der Waals surface area contributed by atoms with Crippen LogP contribution in [0.4, 0.5) is 5.82 Å². The predicted molar refractivity (Wildman–Crippen MR) is 55.4 cm³/mol. The van der Waals surface area contributed by atoms with Gasteiger partial charge in [0.25, 0.3) is 0 Å². The molecule has 3 nitrogen and oxygen atoms in total. The van der Waals surface area contributed by atoms with E-state index in [4.69, 9.17) is 16.9 Å². The van der Waals surface area contributed by atoms with Crippen molar-refractivity contribution >= 4 is 17.4 Å². The van der Waals surface area contributed by atoms with Gasteiger partial charge in [0, 0.05) is 19.3 Å². The third-order valence-corrected chi connectivity index (χ3v) is 2.79. The highest BCUT2D eigenvalue weighted by molar-refractivity contribution is 6.34. The Morgan fingerprint density at radius 3 is 2.93 bits per heavy atom. The number of aromatic nitrogens is 1. The van der Waals surface area contributed by atoms with Crippen LogP contribution in [0, 0.1) is 11.3 Å². The molecule has 2 rings (SSSR count). The molecule has 0 unspecified atom stereocenters. The van der Waals surface area contributed by atoms with E-state index in [-0.39, 0.29) is 0 Å². The van der Waals surface area contributed by atoms with Gasteiger partial charge in [0.2, 0.25) is 0 Å². The molecule has 1 heterocycles. The van der Waals surface area contributed by atoms with Crippen LogP contribution in [0.25, 0.3) is 0 Å². The standard InChI is InChI=1S/C10H10ClN3/c1-14(8-2-3-8)10-9(11)7(6-12)4-5-13-10/h4-5,8H,2-3H2,1H3. The monoisotopic (exact) mass is 207 g/mol. The number of rotatable bonds is 2. The summed E-state index contributed by atoms with van der Waals surface area (Å²) in [7, 11) is 1.97. The van der Waals surface area contributed by atoms with Crippen molar-refractivity contribution in [3.05, 3.63) is 22.8 Å². The highest BCUT2D eigenvalue weighted by Gasteiger charge is 2.28. The largest absolute Gasteiger partial charge is 0.355 e. The van der Waals surface area contributed by atoms with Gasteiger partial charge in [-0.25, -0.2) is 4.98 Å². The average molecular weight is 208 g/mol. The molecule has 0 amide bonds. The summed E-state index contributed by atoms with van der Waals surface area (Å²) in [5, 5.41) is 9.26. The van der Waals surface area contributed by atoms with Crippen LogP contribution >= 0.6 is 11.6 Å². The Bertz CT molecular complexity index is 393. The first-order valence-corrected chi connectivity index (χ1v) is 4.89. The maximum atomic E-state index is 8.80. The normalized spacial score (nSPS) is 14.9. The van der Waals surface area contributed by atoms with E-state index in [2.05, 4.69) is 11.1 Å². The van der Waals surface area contributed by atoms with Crippen LogP contribution in [0.3, 0.4) is 0 Å². The Kier molecular flexibility index (Phi) is 2.30. The molecule has 1 saturated carbocycles. The zero-order valence-electron chi connectivity index (χ0n) is 7.87. The number of halogens is 1. The molecule has 0 atom stereocenters. The van der Waals surface area contributed by atoms with Crippen LogP contribution in [0.15, 0.2) is 12.3 Å². The van der Waals surface area contributed by atoms with Crippen LogP contribution < -0.4 is 4.90 Å². The summed E-state index contributed by atoms with van der Waals surface area (Å²) < 4.78 is 0. The minimum absolute atomic E-state index is 0.462. The van der Waals surface area contributed by atoms with E-state index in [9.17, 15) is 0 Å². The zero-order valence-corrected chi connectivity index (χ0v) is 8.62. The Morgan fingerprint density at radius 2 is 2.36 bits per heavy atom. The van der Waals surface area contributed by atoms with Crippen molar-refractivity contribution < 1.29 is 0 Å². The molecule has 1 fully saturated rings. The molecule has 0 aliphatic heterocycles. The first-order chi connectivity index (χ1) is 6.74. The summed E-state index contributed by atoms with van der Waals surface area (Å²) >= 11 is 6.05. The van der Waals surface area contributed by atoms with Crippen molar-refractivity contribution in [1.29, 1.82) is 5.26 Å². The molecule has 72 valence electrons. The smallest absolute Gasteiger partial charge is 0.148 e. The summed E-state index contributed by atoms with van der Waals surface area (Å²) in [5.41, 5.74) is 0.490. The van der Waals surface area contributed by atoms with Crippen molar-refractivity contribution in [1.82, 2.24) is 4.98 Å². The van der Waals surface area contributed by atoms with Gasteiger partial charge in [-0.1, -0.05) is 11.6 Å². The van der Waals surface area contributed by atoms with E-state index in [1.165, 1.54) is 12.8 Å². The Balaban J connectivity index is 2.37. The summed E-state index contributed by atoms with van der Waals surface area (Å²) in [4.78, 5) is 6.24. The number of nitrogens with zero attached hydrogens (tertiary/aromatic N) is 3. The lowest BCUT2D eigenvalue weighted by atomic mass is 10.3. The van der Waals surface area contributed by atoms with Gasteiger partial charge >= 0.3 is 0 Å². The number of pyridine rings is 1. The fraction of sp³-hybridized carbons (Fsp3) is 0.400. The molecule has 4 heteroatoms. The van der Waals surface area contributed by atoms with Crippen molar-refractivity contribution in [3.63, 3.8) is 0 Å². The maximum Gasteiger partial charge on any atom is 0.148 e. The van der Waals surface area contributed by atoms with E-state index >= 15 is 0 Å². The lowest BCUT2D eigenvalue weighted by Crippen LogP contribution is -2.21. The summed E-state index contributed by atoms with van der Waals surface area (Å²) in [6.07, 6.45) is 4.00. The van der Waals surface area contributed by atoms with Gasteiger partial charge in [0.15, 0.2) is 0 Å². The zero-order chi connectivity index (χ0) is 10.1. The summed E-state index contributed by atoms with van der Waals surface area (Å²) in [5.74, 6) is 0.716. The van der Waals surface area contributed by atoms with E-state index in [1.54, 1.807) is 12.3 Å². The first-order valence-electron chi connectivity index (χ1n) is 4.51. The molecule has 1 aliphatic rings. The molecule has 0 spiro atoms. The van der Waals surface area contributed by atoms with E-state index in [0.717, 1.165) is 0 Å². The predicted octanol–water partition coefficient (Wildman–Crippen LogP) is 2.21. The van der Waals surface area contributed by atoms with E-state index in [0.29, 0.717) is 22.4 Å². The first kappa shape index (κ1) is 9.29. The van der Waals surface area contributed by atoms with Gasteiger partial charge in [0.1, 0.15) is 16.9 Å². The Hall–Kier alpha value is -1.27. The number of hydrogen-bond donors (Lipinski definition) is 0. The molecular weight excluding hydrogens is 198 g/mol. The summed E-state index contributed by atoms with van der Waals surface area (Å²) in [6, 6.07) is 4.23. The van der Waals surface area contributed by atoms with Gasteiger partial charge in [-0.05, 0) is 18.9 Å². The molecule has 0 N–H and O–H groups in total. The molecule has 0 radical (unpaired) electrons. The van der Waals surface area contributed by atoms with Crippen LogP contribution in [0.5, 0.6) is 0 Å². The van der Waals surface area contributed by atoms with Gasteiger partial charge in [-0.15, -0.1) is 0 Å². The van der Waals surface area contributed by atoms with E-state index in [1.807, 2.05) is 11.9 Å².